The molecule has 0 spiro atoms. The molecule has 1 atom stereocenters. The zero-order chi connectivity index (χ0) is 23.2. The van der Waals surface area contributed by atoms with Crippen molar-refractivity contribution in [1.29, 1.82) is 0 Å². The first-order chi connectivity index (χ1) is 16.1. The number of piperidine rings is 1. The molecule has 1 saturated carbocycles. The summed E-state index contributed by atoms with van der Waals surface area (Å²) in [6.07, 6.45) is 11.3. The normalized spacial score (nSPS) is 20.2. The standard InChI is InChI=1S/C26H38N4O3/c1-3-33-26(32)19(2)27-24-25(31)30(23-14-10-9-13-22(23)28-24)21-15-17-29(18-16-21)20-11-7-5-4-6-8-12-20/h9-10,13-14,19-21H,3-8,11-12,15-18H2,1-2H3,(H,27,28). The minimum absolute atomic E-state index is 0.133. The second-order valence-electron chi connectivity index (χ2n) is 9.51. The van der Waals surface area contributed by atoms with Gasteiger partial charge in [0.15, 0.2) is 5.82 Å². The Bertz CT molecular complexity index is 989. The number of ether oxygens (including phenoxy) is 1. The van der Waals surface area contributed by atoms with Crippen LogP contribution in [0.15, 0.2) is 29.1 Å². The molecule has 7 nitrogen and oxygen atoms in total. The van der Waals surface area contributed by atoms with Gasteiger partial charge in [-0.25, -0.2) is 9.78 Å². The van der Waals surface area contributed by atoms with Crippen LogP contribution in [-0.2, 0) is 9.53 Å². The number of para-hydroxylation sites is 2. The van der Waals surface area contributed by atoms with Crippen molar-refractivity contribution < 1.29 is 9.53 Å². The molecule has 33 heavy (non-hydrogen) atoms. The number of fused-ring (bicyclic) bond motifs is 1. The van der Waals surface area contributed by atoms with E-state index in [1.54, 1.807) is 13.8 Å². The van der Waals surface area contributed by atoms with Gasteiger partial charge in [0.2, 0.25) is 0 Å². The van der Waals surface area contributed by atoms with Crippen molar-refractivity contribution in [3.05, 3.63) is 34.6 Å². The fourth-order valence-electron chi connectivity index (χ4n) is 5.45. The number of benzene rings is 1. The summed E-state index contributed by atoms with van der Waals surface area (Å²) < 4.78 is 7.01. The van der Waals surface area contributed by atoms with Gasteiger partial charge in [0.05, 0.1) is 17.6 Å². The van der Waals surface area contributed by atoms with Gasteiger partial charge in [-0.05, 0) is 51.7 Å². The second-order valence-corrected chi connectivity index (χ2v) is 9.51. The third-order valence-electron chi connectivity index (χ3n) is 7.24. The predicted octanol–water partition coefficient (Wildman–Crippen LogP) is 4.51. The third-order valence-corrected chi connectivity index (χ3v) is 7.24. The molecule has 2 fully saturated rings. The van der Waals surface area contributed by atoms with Gasteiger partial charge in [0.25, 0.3) is 5.56 Å². The van der Waals surface area contributed by atoms with Crippen molar-refractivity contribution in [2.24, 2.45) is 0 Å². The van der Waals surface area contributed by atoms with E-state index in [1.807, 2.05) is 28.8 Å². The summed E-state index contributed by atoms with van der Waals surface area (Å²) >= 11 is 0. The van der Waals surface area contributed by atoms with Crippen LogP contribution in [0.1, 0.15) is 77.7 Å². The fourth-order valence-corrected chi connectivity index (χ4v) is 5.45. The monoisotopic (exact) mass is 454 g/mol. The Kier molecular flexibility index (Phi) is 8.02. The molecule has 1 saturated heterocycles. The summed E-state index contributed by atoms with van der Waals surface area (Å²) in [5.74, 6) is -0.164. The van der Waals surface area contributed by atoms with Crippen molar-refractivity contribution in [2.75, 3.05) is 25.0 Å². The second kappa shape index (κ2) is 11.1. The molecule has 0 bridgehead atoms. The van der Waals surface area contributed by atoms with Crippen LogP contribution in [0.3, 0.4) is 0 Å². The van der Waals surface area contributed by atoms with Crippen LogP contribution in [0.5, 0.6) is 0 Å². The first-order valence-electron chi connectivity index (χ1n) is 12.8. The molecule has 7 heteroatoms. The average Bonchev–Trinajstić information content (AvgIpc) is 2.80. The molecule has 180 valence electrons. The van der Waals surface area contributed by atoms with Crippen LogP contribution in [-0.4, -0.2) is 52.2 Å². The molecule has 1 N–H and O–H groups in total. The number of aromatic nitrogens is 2. The summed E-state index contributed by atoms with van der Waals surface area (Å²) in [6.45, 7) is 5.83. The van der Waals surface area contributed by atoms with Gasteiger partial charge in [-0.3, -0.25) is 4.79 Å². The van der Waals surface area contributed by atoms with E-state index in [0.717, 1.165) is 37.0 Å². The number of esters is 1. The number of rotatable bonds is 6. The topological polar surface area (TPSA) is 76.5 Å². The van der Waals surface area contributed by atoms with Gasteiger partial charge >= 0.3 is 5.97 Å². The molecule has 1 aliphatic carbocycles. The number of carbonyl (C=O) groups is 1. The molecule has 2 aliphatic rings. The molecule has 2 aromatic rings. The first kappa shape index (κ1) is 23.7. The summed E-state index contributed by atoms with van der Waals surface area (Å²) in [7, 11) is 0. The molecule has 2 heterocycles. The van der Waals surface area contributed by atoms with E-state index in [9.17, 15) is 9.59 Å². The maximum atomic E-state index is 13.5. The Morgan fingerprint density at radius 2 is 1.73 bits per heavy atom. The molecule has 0 amide bonds. The van der Waals surface area contributed by atoms with Crippen LogP contribution >= 0.6 is 0 Å². The van der Waals surface area contributed by atoms with E-state index in [0.29, 0.717) is 12.6 Å². The first-order valence-corrected chi connectivity index (χ1v) is 12.8. The summed E-state index contributed by atoms with van der Waals surface area (Å²) in [5, 5.41) is 3.01. The number of likely N-dealkylation sites (tertiary alicyclic amines) is 1. The summed E-state index contributed by atoms with van der Waals surface area (Å²) in [4.78, 5) is 32.9. The predicted molar refractivity (Wildman–Crippen MR) is 132 cm³/mol. The van der Waals surface area contributed by atoms with Gasteiger partial charge in [0.1, 0.15) is 6.04 Å². The van der Waals surface area contributed by atoms with Crippen molar-refractivity contribution in [1.82, 2.24) is 14.5 Å². The lowest BCUT2D eigenvalue weighted by Gasteiger charge is -2.39. The zero-order valence-electron chi connectivity index (χ0n) is 20.1. The van der Waals surface area contributed by atoms with E-state index >= 15 is 0 Å². The molecule has 1 aromatic carbocycles. The van der Waals surface area contributed by atoms with Crippen LogP contribution in [0, 0.1) is 0 Å². The van der Waals surface area contributed by atoms with E-state index in [2.05, 4.69) is 15.2 Å². The number of hydrogen-bond acceptors (Lipinski definition) is 6. The van der Waals surface area contributed by atoms with E-state index in [4.69, 9.17) is 4.74 Å². The SMILES string of the molecule is CCOC(=O)C(C)Nc1nc2ccccc2n(C2CCN(C3CCCCCCC3)CC2)c1=O. The van der Waals surface area contributed by atoms with E-state index in [1.165, 1.54) is 44.9 Å². The van der Waals surface area contributed by atoms with E-state index < -0.39 is 6.04 Å². The van der Waals surface area contributed by atoms with Crippen LogP contribution < -0.4 is 10.9 Å². The molecular weight excluding hydrogens is 416 g/mol. The van der Waals surface area contributed by atoms with Crippen LogP contribution in [0.4, 0.5) is 5.82 Å². The van der Waals surface area contributed by atoms with Gasteiger partial charge < -0.3 is 19.5 Å². The highest BCUT2D eigenvalue weighted by molar-refractivity contribution is 5.80. The van der Waals surface area contributed by atoms with Crippen molar-refractivity contribution in [3.8, 4) is 0 Å². The molecule has 1 aliphatic heterocycles. The quantitative estimate of drug-likeness (QED) is 0.647. The fraction of sp³-hybridized carbons (Fsp3) is 0.654. The minimum atomic E-state index is -0.638. The van der Waals surface area contributed by atoms with Gasteiger partial charge in [-0.2, -0.15) is 0 Å². The largest absolute Gasteiger partial charge is 0.464 e. The summed E-state index contributed by atoms with van der Waals surface area (Å²) in [5.41, 5.74) is 1.47. The summed E-state index contributed by atoms with van der Waals surface area (Å²) in [6, 6.07) is 7.98. The Labute approximate surface area is 196 Å². The zero-order valence-corrected chi connectivity index (χ0v) is 20.1. The number of anilines is 1. The maximum Gasteiger partial charge on any atom is 0.328 e. The van der Waals surface area contributed by atoms with Gasteiger partial charge in [-0.15, -0.1) is 0 Å². The van der Waals surface area contributed by atoms with Gasteiger partial charge in [0, 0.05) is 25.2 Å². The highest BCUT2D eigenvalue weighted by atomic mass is 16.5. The number of hydrogen-bond donors (Lipinski definition) is 1. The van der Waals surface area contributed by atoms with E-state index in [-0.39, 0.29) is 23.4 Å². The Hall–Kier alpha value is -2.41. The lowest BCUT2D eigenvalue weighted by Crippen LogP contribution is -2.44. The van der Waals surface area contributed by atoms with Crippen LogP contribution in [0.2, 0.25) is 0 Å². The molecule has 4 rings (SSSR count). The maximum absolute atomic E-state index is 13.5. The number of carbonyl (C=O) groups excluding carboxylic acids is 1. The number of nitrogens with zero attached hydrogens (tertiary/aromatic N) is 3. The highest BCUT2D eigenvalue weighted by Gasteiger charge is 2.28. The van der Waals surface area contributed by atoms with Crippen molar-refractivity contribution >= 4 is 22.8 Å². The average molecular weight is 455 g/mol. The van der Waals surface area contributed by atoms with Gasteiger partial charge in [-0.1, -0.05) is 44.2 Å². The van der Waals surface area contributed by atoms with Crippen molar-refractivity contribution in [3.63, 3.8) is 0 Å². The van der Waals surface area contributed by atoms with Crippen molar-refractivity contribution in [2.45, 2.75) is 89.8 Å². The number of nitrogens with one attached hydrogen (secondary N) is 1. The van der Waals surface area contributed by atoms with Crippen LogP contribution in [0.25, 0.3) is 11.0 Å². The minimum Gasteiger partial charge on any atom is -0.464 e. The Morgan fingerprint density at radius 3 is 2.42 bits per heavy atom. The Morgan fingerprint density at radius 1 is 1.06 bits per heavy atom. The third kappa shape index (κ3) is 5.57. The molecule has 0 radical (unpaired) electrons. The molecular formula is C26H38N4O3. The smallest absolute Gasteiger partial charge is 0.328 e. The lowest BCUT2D eigenvalue weighted by atomic mass is 9.93. The Balaban J connectivity index is 1.55. The molecule has 1 unspecified atom stereocenters. The highest BCUT2D eigenvalue weighted by Crippen LogP contribution is 2.29. The molecule has 1 aromatic heterocycles. The lowest BCUT2D eigenvalue weighted by molar-refractivity contribution is -0.143.